The molecule has 0 amide bonds. The smallest absolute Gasteiger partial charge is 0.340 e. The van der Waals surface area contributed by atoms with Gasteiger partial charge in [-0.3, -0.25) is 9.59 Å². The molecule has 350 valence electrons. The summed E-state index contributed by atoms with van der Waals surface area (Å²) in [7, 11) is 0. The molecule has 4 aliphatic heterocycles. The summed E-state index contributed by atoms with van der Waals surface area (Å²) in [5.74, 6) is -2.48. The number of carbonyl (C=O) groups is 3. The minimum atomic E-state index is -2.16. The summed E-state index contributed by atoms with van der Waals surface area (Å²) in [4.78, 5) is 52.0. The van der Waals surface area contributed by atoms with Gasteiger partial charge in [0.1, 0.15) is 63.2 Å². The van der Waals surface area contributed by atoms with Crippen LogP contribution in [0.1, 0.15) is 127 Å². The van der Waals surface area contributed by atoms with Gasteiger partial charge in [-0.1, -0.05) is 41.5 Å². The highest BCUT2D eigenvalue weighted by molar-refractivity contribution is 6.17. The molecule has 13 heteroatoms. The zero-order valence-electron chi connectivity index (χ0n) is 39.4. The average molecular weight is 905 g/mol. The third kappa shape index (κ3) is 8.16. The third-order valence-corrected chi connectivity index (χ3v) is 13.3. The van der Waals surface area contributed by atoms with Crippen molar-refractivity contribution in [1.29, 1.82) is 0 Å². The maximum atomic E-state index is 14.7. The van der Waals surface area contributed by atoms with E-state index in [0.717, 1.165) is 17.6 Å². The number of hydrogen-bond acceptors (Lipinski definition) is 11. The van der Waals surface area contributed by atoms with Crippen LogP contribution in [0, 0.1) is 12.8 Å². The second kappa shape index (κ2) is 17.5. The zero-order chi connectivity index (χ0) is 48.3. The van der Waals surface area contributed by atoms with Crippen molar-refractivity contribution in [2.45, 2.75) is 137 Å². The molecule has 1 aliphatic carbocycles. The van der Waals surface area contributed by atoms with Crippen LogP contribution >= 0.6 is 0 Å². The molecule has 4 N–H and O–H groups in total. The van der Waals surface area contributed by atoms with Crippen LogP contribution in [0.2, 0.25) is 0 Å². The van der Waals surface area contributed by atoms with E-state index >= 15 is 0 Å². The van der Waals surface area contributed by atoms with Crippen LogP contribution in [0.15, 0.2) is 85.7 Å². The quantitative estimate of drug-likeness (QED) is 0.117. The van der Waals surface area contributed by atoms with Gasteiger partial charge >= 0.3 is 11.9 Å². The Morgan fingerprint density at radius 2 is 1.61 bits per heavy atom. The largest absolute Gasteiger partial charge is 0.507 e. The highest BCUT2D eigenvalue weighted by atomic mass is 16.6. The first kappa shape index (κ1) is 47.6. The Labute approximate surface area is 384 Å². The SMILES string of the molecule is CC(C)=CCCC1(C)C=Cc2c(O)c3c(c(CC=C(C)C)c2O1)OC12C(=CCCC1C(C)(C)OC2(CC=C(C)C(=O)O)C(=O)O)C3=O.CC1=CCc2c(cc3oc(C)cc(=O)c3c2O)OC1. The normalized spacial score (nSPS) is 24.4. The van der Waals surface area contributed by atoms with E-state index in [1.807, 2.05) is 59.8 Å². The van der Waals surface area contributed by atoms with Crippen molar-refractivity contribution in [1.82, 2.24) is 0 Å². The number of carbonyl (C=O) groups excluding carboxylic acids is 1. The predicted octanol–water partition coefficient (Wildman–Crippen LogP) is 10.2. The van der Waals surface area contributed by atoms with Gasteiger partial charge in [-0.25, -0.2) is 9.59 Å². The molecule has 66 heavy (non-hydrogen) atoms. The molecule has 2 aromatic carbocycles. The fourth-order valence-corrected chi connectivity index (χ4v) is 9.96. The molecule has 5 heterocycles. The van der Waals surface area contributed by atoms with Gasteiger partial charge in [0.2, 0.25) is 5.60 Å². The molecule has 1 fully saturated rings. The van der Waals surface area contributed by atoms with Crippen LogP contribution in [0.3, 0.4) is 0 Å². The molecule has 0 radical (unpaired) electrons. The van der Waals surface area contributed by atoms with E-state index in [-0.39, 0.29) is 51.2 Å². The number of phenolic OH excluding ortho intramolecular Hbond substituents is 2. The third-order valence-electron chi connectivity index (χ3n) is 13.3. The van der Waals surface area contributed by atoms with E-state index in [4.69, 9.17) is 23.4 Å². The number of rotatable bonds is 9. The fraction of sp³-hybridized carbons (Fsp3) is 0.434. The number of hydrogen-bond donors (Lipinski definition) is 4. The van der Waals surface area contributed by atoms with Crippen molar-refractivity contribution < 1.29 is 58.2 Å². The van der Waals surface area contributed by atoms with Crippen LogP contribution in [0.4, 0.5) is 0 Å². The van der Waals surface area contributed by atoms with Crippen molar-refractivity contribution in [3.63, 3.8) is 0 Å². The summed E-state index contributed by atoms with van der Waals surface area (Å²) < 4.78 is 31.4. The van der Waals surface area contributed by atoms with E-state index in [1.165, 1.54) is 24.6 Å². The summed E-state index contributed by atoms with van der Waals surface area (Å²) in [6.07, 6.45) is 15.7. The molecule has 8 rings (SSSR count). The van der Waals surface area contributed by atoms with Gasteiger partial charge in [-0.15, -0.1) is 0 Å². The Hall–Kier alpha value is -6.34. The lowest BCUT2D eigenvalue weighted by Gasteiger charge is -2.50. The molecule has 3 aromatic rings. The van der Waals surface area contributed by atoms with E-state index in [2.05, 4.69) is 6.08 Å². The lowest BCUT2D eigenvalue weighted by atomic mass is 9.60. The molecular formula is C53H60O13. The van der Waals surface area contributed by atoms with E-state index < -0.39 is 46.0 Å². The number of fused-ring (bicyclic) bond motifs is 4. The number of aromatic hydroxyl groups is 2. The lowest BCUT2D eigenvalue weighted by molar-refractivity contribution is -0.184. The van der Waals surface area contributed by atoms with E-state index in [0.29, 0.717) is 78.2 Å². The summed E-state index contributed by atoms with van der Waals surface area (Å²) in [5.41, 5.74) is -0.807. The molecule has 1 spiro atoms. The standard InChI is InChI=1S/C38H46O9.C15H14O4/c1-21(2)11-10-18-36(8)19-17-24-29(39)28-30(40)26-12-9-13-27-35(6,7)47-37(34(43)44,20-16-23(5)33(41)42)38(26,27)46-32(28)25(31(24)45-36)15-14-22(3)4;1-8-3-4-10-12(18-7-8)6-13-14(15(10)17)11(16)5-9(2)19-13/h11-12,14,16-17,19,27,39H,9-10,13,15,18,20H2,1-8H3,(H,41,42)(H,43,44);3,5-6,17H,4,7H2,1-2H3. The van der Waals surface area contributed by atoms with Crippen molar-refractivity contribution in [3.8, 4) is 28.7 Å². The van der Waals surface area contributed by atoms with Crippen LogP contribution < -0.4 is 19.6 Å². The van der Waals surface area contributed by atoms with Crippen molar-refractivity contribution in [2.75, 3.05) is 6.61 Å². The number of ketones is 1. The van der Waals surface area contributed by atoms with Crippen molar-refractivity contribution >= 4 is 34.8 Å². The number of Topliss-reactive ketones (excluding diaryl/α,β-unsaturated/α-hetero) is 1. The number of ether oxygens (including phenoxy) is 4. The number of carboxylic acid groups (broad SMARTS) is 2. The molecule has 4 unspecified atom stereocenters. The Morgan fingerprint density at radius 1 is 0.894 bits per heavy atom. The van der Waals surface area contributed by atoms with Crippen LogP contribution in [-0.4, -0.2) is 67.2 Å². The first-order valence-corrected chi connectivity index (χ1v) is 22.4. The second-order valence-electron chi connectivity index (χ2n) is 19.3. The molecule has 1 saturated heterocycles. The topological polar surface area (TPSA) is 199 Å². The number of aliphatic carboxylic acids is 2. The van der Waals surface area contributed by atoms with Gasteiger partial charge in [0.05, 0.1) is 11.2 Å². The summed E-state index contributed by atoms with van der Waals surface area (Å²) in [6.45, 7) is 19.0. The molecule has 1 aromatic heterocycles. The molecule has 13 nitrogen and oxygen atoms in total. The Balaban J connectivity index is 0.000000282. The fourth-order valence-electron chi connectivity index (χ4n) is 9.96. The Bertz CT molecular complexity index is 2800. The summed E-state index contributed by atoms with van der Waals surface area (Å²) >= 11 is 0. The molecule has 0 bridgehead atoms. The van der Waals surface area contributed by atoms with Gasteiger partial charge < -0.3 is 43.8 Å². The van der Waals surface area contributed by atoms with Gasteiger partial charge in [-0.2, -0.15) is 0 Å². The molecule has 0 saturated carbocycles. The number of phenols is 2. The van der Waals surface area contributed by atoms with E-state index in [1.54, 1.807) is 39.0 Å². The predicted molar refractivity (Wildman–Crippen MR) is 250 cm³/mol. The second-order valence-corrected chi connectivity index (χ2v) is 19.3. The van der Waals surface area contributed by atoms with E-state index in [9.17, 15) is 39.6 Å². The number of carboxylic acids is 2. The van der Waals surface area contributed by atoms with Gasteiger partial charge in [0, 0.05) is 46.7 Å². The van der Waals surface area contributed by atoms with Gasteiger partial charge in [0.15, 0.2) is 16.8 Å². The van der Waals surface area contributed by atoms with Gasteiger partial charge in [-0.05, 0) is 125 Å². The first-order valence-electron chi connectivity index (χ1n) is 22.4. The Morgan fingerprint density at radius 3 is 2.27 bits per heavy atom. The van der Waals surface area contributed by atoms with Crippen LogP contribution in [0.5, 0.6) is 28.7 Å². The first-order chi connectivity index (χ1) is 31.0. The van der Waals surface area contributed by atoms with Crippen molar-refractivity contribution in [3.05, 3.63) is 115 Å². The average Bonchev–Trinajstić information content (AvgIpc) is 3.29. The minimum absolute atomic E-state index is 0.0350. The molecule has 4 atom stereocenters. The summed E-state index contributed by atoms with van der Waals surface area (Å²) in [5, 5.41) is 42.9. The van der Waals surface area contributed by atoms with Crippen LogP contribution in [0.25, 0.3) is 17.0 Å². The maximum Gasteiger partial charge on any atom is 0.340 e. The summed E-state index contributed by atoms with van der Waals surface area (Å²) in [6, 6.07) is 3.07. The Kier molecular flexibility index (Phi) is 12.6. The molecule has 5 aliphatic rings. The number of allylic oxidation sites excluding steroid dienone is 6. The number of benzene rings is 2. The highest BCUT2D eigenvalue weighted by Gasteiger charge is 2.77. The highest BCUT2D eigenvalue weighted by Crippen LogP contribution is 2.64. The van der Waals surface area contributed by atoms with Gasteiger partial charge in [0.25, 0.3) is 0 Å². The van der Waals surface area contributed by atoms with Crippen LogP contribution in [-0.2, 0) is 27.2 Å². The monoisotopic (exact) mass is 904 g/mol. The number of aryl methyl sites for hydroxylation is 1. The zero-order valence-corrected chi connectivity index (χ0v) is 39.4. The van der Waals surface area contributed by atoms with Crippen molar-refractivity contribution in [2.24, 2.45) is 5.92 Å². The maximum absolute atomic E-state index is 14.7. The lowest BCUT2D eigenvalue weighted by Crippen LogP contribution is -2.66. The molecular weight excluding hydrogens is 845 g/mol. The minimum Gasteiger partial charge on any atom is -0.507 e.